The van der Waals surface area contributed by atoms with Gasteiger partial charge < -0.3 is 5.32 Å². The van der Waals surface area contributed by atoms with Crippen LogP contribution in [0.25, 0.3) is 0 Å². The number of likely N-dealkylation sites (N-methyl/N-ethyl adjacent to an activating group) is 1. The highest BCUT2D eigenvalue weighted by Crippen LogP contribution is 2.26. The van der Waals surface area contributed by atoms with Gasteiger partial charge in [-0.1, -0.05) is 35.9 Å². The minimum Gasteiger partial charge on any atom is -0.310 e. The van der Waals surface area contributed by atoms with Crippen LogP contribution in [0.5, 0.6) is 0 Å². The molecule has 0 radical (unpaired) electrons. The van der Waals surface area contributed by atoms with Crippen molar-refractivity contribution in [2.45, 2.75) is 26.3 Å². The normalized spacial score (nSPS) is 12.6. The lowest BCUT2D eigenvalue weighted by Crippen LogP contribution is -2.23. The predicted molar refractivity (Wildman–Crippen MR) is 77.3 cm³/mol. The molecule has 0 spiro atoms. The summed E-state index contributed by atoms with van der Waals surface area (Å²) < 4.78 is 1.72. The fourth-order valence-corrected chi connectivity index (χ4v) is 2.52. The summed E-state index contributed by atoms with van der Waals surface area (Å²) in [5.74, 6) is 0. The van der Waals surface area contributed by atoms with Gasteiger partial charge in [-0.3, -0.25) is 4.68 Å². The summed E-state index contributed by atoms with van der Waals surface area (Å²) in [6, 6.07) is 6.33. The van der Waals surface area contributed by atoms with E-state index >= 15 is 0 Å². The van der Waals surface area contributed by atoms with Gasteiger partial charge >= 0.3 is 0 Å². The molecule has 4 nitrogen and oxygen atoms in total. The van der Waals surface area contributed by atoms with Crippen molar-refractivity contribution >= 4 is 11.6 Å². The maximum atomic E-state index is 6.35. The van der Waals surface area contributed by atoms with E-state index in [1.54, 1.807) is 4.68 Å². The van der Waals surface area contributed by atoms with Gasteiger partial charge in [0, 0.05) is 30.7 Å². The summed E-state index contributed by atoms with van der Waals surface area (Å²) in [5.41, 5.74) is 3.24. The highest BCUT2D eigenvalue weighted by Gasteiger charge is 2.16. The highest BCUT2D eigenvalue weighted by atomic mass is 35.5. The second-order valence-electron chi connectivity index (χ2n) is 4.72. The minimum absolute atomic E-state index is 0.162. The quantitative estimate of drug-likeness (QED) is 0.914. The summed E-state index contributed by atoms with van der Waals surface area (Å²) in [7, 11) is 1.87. The molecule has 5 heteroatoms. The first-order valence-corrected chi connectivity index (χ1v) is 6.82. The molecule has 0 bridgehead atoms. The first-order valence-electron chi connectivity index (χ1n) is 6.44. The Morgan fingerprint density at radius 1 is 1.42 bits per heavy atom. The lowest BCUT2D eigenvalue weighted by molar-refractivity contribution is 0.543. The summed E-state index contributed by atoms with van der Waals surface area (Å²) in [4.78, 5) is 0. The summed E-state index contributed by atoms with van der Waals surface area (Å²) >= 11 is 6.35. The molecular formula is C14H19ClN4. The van der Waals surface area contributed by atoms with Crippen molar-refractivity contribution in [2.24, 2.45) is 7.05 Å². The lowest BCUT2D eigenvalue weighted by Gasteiger charge is -2.18. The zero-order valence-corrected chi connectivity index (χ0v) is 12.3. The number of benzene rings is 1. The summed E-state index contributed by atoms with van der Waals surface area (Å²) in [6.45, 7) is 5.02. The number of nitrogens with zero attached hydrogens (tertiary/aromatic N) is 3. The molecule has 0 saturated heterocycles. The van der Waals surface area contributed by atoms with Crippen molar-refractivity contribution in [1.82, 2.24) is 20.3 Å². The summed E-state index contributed by atoms with van der Waals surface area (Å²) in [6.07, 6.45) is 2.72. The highest BCUT2D eigenvalue weighted by molar-refractivity contribution is 6.31. The second kappa shape index (κ2) is 6.17. The Kier molecular flexibility index (Phi) is 4.56. The Bertz CT molecular complexity index is 550. The Labute approximate surface area is 118 Å². The number of hydrogen-bond donors (Lipinski definition) is 1. The second-order valence-corrected chi connectivity index (χ2v) is 5.13. The average molecular weight is 279 g/mol. The molecule has 1 heterocycles. The van der Waals surface area contributed by atoms with E-state index in [1.807, 2.05) is 26.2 Å². The van der Waals surface area contributed by atoms with Gasteiger partial charge in [0.15, 0.2) is 0 Å². The maximum absolute atomic E-state index is 6.35. The molecule has 1 atom stereocenters. The van der Waals surface area contributed by atoms with Crippen molar-refractivity contribution in [3.8, 4) is 0 Å². The van der Waals surface area contributed by atoms with Gasteiger partial charge in [0.05, 0.1) is 5.69 Å². The van der Waals surface area contributed by atoms with Gasteiger partial charge in [0.1, 0.15) is 0 Å². The Balaban J connectivity index is 2.23. The van der Waals surface area contributed by atoms with Crippen LogP contribution in [0, 0.1) is 6.92 Å². The fraction of sp³-hybridized carbons (Fsp3) is 0.429. The van der Waals surface area contributed by atoms with Crippen LogP contribution in [0.4, 0.5) is 0 Å². The van der Waals surface area contributed by atoms with Gasteiger partial charge in [-0.05, 0) is 30.7 Å². The minimum atomic E-state index is 0.162. The van der Waals surface area contributed by atoms with Gasteiger partial charge in [0.25, 0.3) is 0 Å². The lowest BCUT2D eigenvalue weighted by atomic mass is 10.0. The first-order chi connectivity index (χ1) is 9.10. The van der Waals surface area contributed by atoms with Crippen molar-refractivity contribution < 1.29 is 0 Å². The van der Waals surface area contributed by atoms with Crippen LogP contribution < -0.4 is 5.32 Å². The third kappa shape index (κ3) is 3.55. The van der Waals surface area contributed by atoms with E-state index in [0.717, 1.165) is 29.2 Å². The first kappa shape index (κ1) is 14.0. The van der Waals surface area contributed by atoms with Crippen LogP contribution in [-0.2, 0) is 13.5 Å². The van der Waals surface area contributed by atoms with Crippen LogP contribution in [0.3, 0.4) is 0 Å². The average Bonchev–Trinajstić information content (AvgIpc) is 2.74. The Morgan fingerprint density at radius 3 is 2.79 bits per heavy atom. The van der Waals surface area contributed by atoms with E-state index in [2.05, 4.69) is 34.7 Å². The molecule has 0 aliphatic carbocycles. The fourth-order valence-electron chi connectivity index (χ4n) is 2.15. The molecule has 1 unspecified atom stereocenters. The van der Waals surface area contributed by atoms with E-state index in [-0.39, 0.29) is 6.04 Å². The molecule has 1 aromatic carbocycles. The SMILES string of the molecule is CCNC(Cc1cn(C)nn1)c1ccc(C)cc1Cl. The Hall–Kier alpha value is -1.39. The zero-order valence-electron chi connectivity index (χ0n) is 11.5. The third-order valence-electron chi connectivity index (χ3n) is 3.05. The van der Waals surface area contributed by atoms with Gasteiger partial charge in [-0.25, -0.2) is 0 Å². The van der Waals surface area contributed by atoms with Crippen LogP contribution >= 0.6 is 11.6 Å². The number of aromatic nitrogens is 3. The molecule has 1 N–H and O–H groups in total. The topological polar surface area (TPSA) is 42.7 Å². The molecular weight excluding hydrogens is 260 g/mol. The smallest absolute Gasteiger partial charge is 0.0845 e. The molecule has 0 saturated carbocycles. The van der Waals surface area contributed by atoms with E-state index in [0.29, 0.717) is 0 Å². The zero-order chi connectivity index (χ0) is 13.8. The van der Waals surface area contributed by atoms with Crippen molar-refractivity contribution in [3.05, 3.63) is 46.2 Å². The number of rotatable bonds is 5. The molecule has 0 aliphatic heterocycles. The molecule has 1 aromatic heterocycles. The molecule has 0 amide bonds. The Morgan fingerprint density at radius 2 is 2.21 bits per heavy atom. The van der Waals surface area contributed by atoms with Gasteiger partial charge in [0.2, 0.25) is 0 Å². The standard InChI is InChI=1S/C14H19ClN4/c1-4-16-14(8-11-9-19(3)18-17-11)12-6-5-10(2)7-13(12)15/h5-7,9,14,16H,4,8H2,1-3H3. The van der Waals surface area contributed by atoms with E-state index in [9.17, 15) is 0 Å². The predicted octanol–water partition coefficient (Wildman–Crippen LogP) is 2.67. The van der Waals surface area contributed by atoms with E-state index < -0.39 is 0 Å². The maximum Gasteiger partial charge on any atom is 0.0845 e. The molecule has 2 aromatic rings. The third-order valence-corrected chi connectivity index (χ3v) is 3.37. The number of nitrogens with one attached hydrogen (secondary N) is 1. The van der Waals surface area contributed by atoms with Gasteiger partial charge in [-0.2, -0.15) is 0 Å². The molecule has 0 fully saturated rings. The monoisotopic (exact) mass is 278 g/mol. The van der Waals surface area contributed by atoms with Crippen LogP contribution in [0.2, 0.25) is 5.02 Å². The number of aryl methyl sites for hydroxylation is 2. The number of hydrogen-bond acceptors (Lipinski definition) is 3. The van der Waals surface area contributed by atoms with Crippen LogP contribution in [-0.4, -0.2) is 21.5 Å². The molecule has 19 heavy (non-hydrogen) atoms. The number of halogens is 1. The molecule has 102 valence electrons. The van der Waals surface area contributed by atoms with Crippen molar-refractivity contribution in [3.63, 3.8) is 0 Å². The van der Waals surface area contributed by atoms with Gasteiger partial charge in [-0.15, -0.1) is 5.10 Å². The van der Waals surface area contributed by atoms with Crippen molar-refractivity contribution in [1.29, 1.82) is 0 Å². The van der Waals surface area contributed by atoms with Crippen LogP contribution in [0.1, 0.15) is 29.8 Å². The molecule has 0 aliphatic rings. The largest absolute Gasteiger partial charge is 0.310 e. The van der Waals surface area contributed by atoms with E-state index in [4.69, 9.17) is 11.6 Å². The summed E-state index contributed by atoms with van der Waals surface area (Å²) in [5, 5.41) is 12.4. The molecule has 2 rings (SSSR count). The van der Waals surface area contributed by atoms with E-state index in [1.165, 1.54) is 5.56 Å². The van der Waals surface area contributed by atoms with Crippen LogP contribution in [0.15, 0.2) is 24.4 Å². The van der Waals surface area contributed by atoms with Crippen molar-refractivity contribution in [2.75, 3.05) is 6.54 Å².